The van der Waals surface area contributed by atoms with Gasteiger partial charge in [-0.25, -0.2) is 0 Å². The van der Waals surface area contributed by atoms with Crippen molar-refractivity contribution in [1.29, 1.82) is 0 Å². The van der Waals surface area contributed by atoms with E-state index in [1.54, 1.807) is 7.11 Å². The van der Waals surface area contributed by atoms with Crippen LogP contribution in [0.1, 0.15) is 6.92 Å². The fourth-order valence-corrected chi connectivity index (χ4v) is 2.70. The first-order valence-electron chi connectivity index (χ1n) is 9.03. The topological polar surface area (TPSA) is 24.9 Å². The van der Waals surface area contributed by atoms with E-state index in [4.69, 9.17) is 9.47 Å². The Labute approximate surface area is 152 Å². The van der Waals surface area contributed by atoms with E-state index >= 15 is 0 Å². The third kappa shape index (κ3) is 7.59. The van der Waals surface area contributed by atoms with Gasteiger partial charge >= 0.3 is 0 Å². The molecule has 1 aliphatic rings. The molecule has 0 unspecified atom stereocenters. The van der Waals surface area contributed by atoms with E-state index in [1.807, 2.05) is 60.7 Å². The molecule has 1 heterocycles. The summed E-state index contributed by atoms with van der Waals surface area (Å²) in [6.45, 7) is 9.97. The highest BCUT2D eigenvalue weighted by atomic mass is 16.5. The maximum Gasteiger partial charge on any atom is 0.119 e. The lowest BCUT2D eigenvalue weighted by Gasteiger charge is -2.33. The zero-order valence-electron chi connectivity index (χ0n) is 15.4. The molecule has 1 aliphatic heterocycles. The van der Waals surface area contributed by atoms with Crippen molar-refractivity contribution in [1.82, 2.24) is 9.80 Å². The number of rotatable bonds is 6. The number of benzene rings is 2. The van der Waals surface area contributed by atoms with Crippen LogP contribution in [0.4, 0.5) is 0 Å². The standard InChI is InChI=1S/C14H22N2O.C7H8O/c1-2-15-8-10-16(11-9-15)12-13-17-14-6-4-3-5-7-14;1-8-7-5-3-2-4-6-7/h3-7H,2,8-13H2,1H3;2-6H,1H3. The van der Waals surface area contributed by atoms with Crippen molar-refractivity contribution < 1.29 is 9.47 Å². The zero-order chi connectivity index (χ0) is 17.7. The van der Waals surface area contributed by atoms with Crippen molar-refractivity contribution in [3.8, 4) is 11.5 Å². The lowest BCUT2D eigenvalue weighted by molar-refractivity contribution is 0.121. The summed E-state index contributed by atoms with van der Waals surface area (Å²) in [5.74, 6) is 1.88. The number of para-hydroxylation sites is 2. The Morgan fingerprint density at radius 3 is 1.76 bits per heavy atom. The second-order valence-corrected chi connectivity index (χ2v) is 5.95. The minimum absolute atomic E-state index is 0.788. The molecular formula is C21H30N2O2. The van der Waals surface area contributed by atoms with Gasteiger partial charge in [-0.15, -0.1) is 0 Å². The van der Waals surface area contributed by atoms with Crippen molar-refractivity contribution >= 4 is 0 Å². The largest absolute Gasteiger partial charge is 0.497 e. The summed E-state index contributed by atoms with van der Waals surface area (Å²) in [5.41, 5.74) is 0. The summed E-state index contributed by atoms with van der Waals surface area (Å²) < 4.78 is 10.6. The Morgan fingerprint density at radius 2 is 1.28 bits per heavy atom. The second kappa shape index (κ2) is 11.5. The molecule has 136 valence electrons. The molecule has 4 nitrogen and oxygen atoms in total. The highest BCUT2D eigenvalue weighted by Crippen LogP contribution is 2.08. The molecule has 1 saturated heterocycles. The summed E-state index contributed by atoms with van der Waals surface area (Å²) in [4.78, 5) is 4.98. The van der Waals surface area contributed by atoms with E-state index in [2.05, 4.69) is 16.7 Å². The van der Waals surface area contributed by atoms with Gasteiger partial charge in [0.15, 0.2) is 0 Å². The van der Waals surface area contributed by atoms with Gasteiger partial charge in [-0.05, 0) is 30.8 Å². The monoisotopic (exact) mass is 342 g/mol. The van der Waals surface area contributed by atoms with Gasteiger partial charge in [-0.1, -0.05) is 43.3 Å². The third-order valence-electron chi connectivity index (χ3n) is 4.31. The molecule has 4 heteroatoms. The van der Waals surface area contributed by atoms with Crippen LogP contribution in [-0.4, -0.2) is 62.8 Å². The van der Waals surface area contributed by atoms with E-state index in [0.717, 1.165) is 24.7 Å². The quantitative estimate of drug-likeness (QED) is 0.803. The van der Waals surface area contributed by atoms with Gasteiger partial charge < -0.3 is 14.4 Å². The minimum Gasteiger partial charge on any atom is -0.497 e. The van der Waals surface area contributed by atoms with E-state index < -0.39 is 0 Å². The molecule has 0 saturated carbocycles. The Balaban J connectivity index is 0.000000236. The number of ether oxygens (including phenoxy) is 2. The van der Waals surface area contributed by atoms with Crippen molar-refractivity contribution in [2.45, 2.75) is 6.92 Å². The molecule has 3 rings (SSSR count). The number of piperazine rings is 1. The van der Waals surface area contributed by atoms with Gasteiger partial charge in [0, 0.05) is 32.7 Å². The van der Waals surface area contributed by atoms with Crippen LogP contribution in [0.25, 0.3) is 0 Å². The lowest BCUT2D eigenvalue weighted by atomic mass is 10.3. The van der Waals surface area contributed by atoms with Crippen LogP contribution in [-0.2, 0) is 0 Å². The molecule has 0 aliphatic carbocycles. The van der Waals surface area contributed by atoms with Crippen LogP contribution in [0.5, 0.6) is 11.5 Å². The first-order valence-corrected chi connectivity index (χ1v) is 9.03. The van der Waals surface area contributed by atoms with Crippen molar-refractivity contribution in [2.24, 2.45) is 0 Å². The van der Waals surface area contributed by atoms with Crippen LogP contribution >= 0.6 is 0 Å². The van der Waals surface area contributed by atoms with Crippen molar-refractivity contribution in [2.75, 3.05) is 53.0 Å². The lowest BCUT2D eigenvalue weighted by Crippen LogP contribution is -2.47. The smallest absolute Gasteiger partial charge is 0.119 e. The molecule has 25 heavy (non-hydrogen) atoms. The molecule has 0 amide bonds. The maximum atomic E-state index is 5.71. The van der Waals surface area contributed by atoms with E-state index in [9.17, 15) is 0 Å². The number of methoxy groups -OCH3 is 1. The van der Waals surface area contributed by atoms with Crippen LogP contribution in [0.3, 0.4) is 0 Å². The van der Waals surface area contributed by atoms with Crippen LogP contribution in [0.2, 0.25) is 0 Å². The molecule has 0 atom stereocenters. The summed E-state index contributed by atoms with van der Waals surface area (Å²) >= 11 is 0. The van der Waals surface area contributed by atoms with Gasteiger partial charge in [0.25, 0.3) is 0 Å². The fraction of sp³-hybridized carbons (Fsp3) is 0.429. The molecule has 0 aromatic heterocycles. The Hall–Kier alpha value is -2.04. The molecule has 0 N–H and O–H groups in total. The van der Waals surface area contributed by atoms with Crippen LogP contribution in [0, 0.1) is 0 Å². The highest BCUT2D eigenvalue weighted by Gasteiger charge is 2.14. The molecule has 2 aromatic carbocycles. The fourth-order valence-electron chi connectivity index (χ4n) is 2.70. The zero-order valence-corrected chi connectivity index (χ0v) is 15.4. The third-order valence-corrected chi connectivity index (χ3v) is 4.31. The van der Waals surface area contributed by atoms with E-state index in [-0.39, 0.29) is 0 Å². The SMILES string of the molecule is CCN1CCN(CCOc2ccccc2)CC1.COc1ccccc1. The van der Waals surface area contributed by atoms with Crippen LogP contribution in [0.15, 0.2) is 60.7 Å². The summed E-state index contributed by atoms with van der Waals surface area (Å²) in [6, 6.07) is 19.7. The number of hydrogen-bond acceptors (Lipinski definition) is 4. The molecular weight excluding hydrogens is 312 g/mol. The van der Waals surface area contributed by atoms with Crippen molar-refractivity contribution in [3.05, 3.63) is 60.7 Å². The second-order valence-electron chi connectivity index (χ2n) is 5.95. The summed E-state index contributed by atoms with van der Waals surface area (Å²) in [6.07, 6.45) is 0. The van der Waals surface area contributed by atoms with Gasteiger partial charge in [-0.3, -0.25) is 4.90 Å². The number of nitrogens with zero attached hydrogens (tertiary/aromatic N) is 2. The first-order chi connectivity index (χ1) is 12.3. The molecule has 0 radical (unpaired) electrons. The molecule has 2 aromatic rings. The van der Waals surface area contributed by atoms with Crippen molar-refractivity contribution in [3.63, 3.8) is 0 Å². The van der Waals surface area contributed by atoms with E-state index in [0.29, 0.717) is 0 Å². The average molecular weight is 342 g/mol. The molecule has 0 bridgehead atoms. The van der Waals surface area contributed by atoms with E-state index in [1.165, 1.54) is 32.7 Å². The first kappa shape index (κ1) is 19.3. The van der Waals surface area contributed by atoms with Gasteiger partial charge in [0.1, 0.15) is 18.1 Å². The normalized spacial score (nSPS) is 15.1. The number of likely N-dealkylation sites (N-methyl/N-ethyl adjacent to an activating group) is 1. The average Bonchev–Trinajstić information content (AvgIpc) is 2.70. The number of hydrogen-bond donors (Lipinski definition) is 0. The Morgan fingerprint density at radius 1 is 0.760 bits per heavy atom. The molecule has 0 spiro atoms. The van der Waals surface area contributed by atoms with Gasteiger partial charge in [0.2, 0.25) is 0 Å². The maximum absolute atomic E-state index is 5.71. The van der Waals surface area contributed by atoms with Crippen LogP contribution < -0.4 is 9.47 Å². The van der Waals surface area contributed by atoms with Gasteiger partial charge in [0.05, 0.1) is 7.11 Å². The minimum atomic E-state index is 0.788. The summed E-state index contributed by atoms with van der Waals surface area (Å²) in [5, 5.41) is 0. The highest BCUT2D eigenvalue weighted by molar-refractivity contribution is 5.21. The predicted octanol–water partition coefficient (Wildman–Crippen LogP) is 3.40. The Kier molecular flexibility index (Phi) is 8.87. The summed E-state index contributed by atoms with van der Waals surface area (Å²) in [7, 11) is 1.66. The predicted molar refractivity (Wildman–Crippen MR) is 103 cm³/mol. The molecule has 1 fully saturated rings. The Bertz CT molecular complexity index is 555. The van der Waals surface area contributed by atoms with Gasteiger partial charge in [-0.2, -0.15) is 0 Å².